The van der Waals surface area contributed by atoms with Crippen molar-refractivity contribution in [1.29, 1.82) is 0 Å². The molecule has 0 bridgehead atoms. The number of ketones is 1. The number of hydrogen-bond acceptors (Lipinski definition) is 3. The number of allylic oxidation sites excluding steroid dienone is 1. The van der Waals surface area contributed by atoms with Crippen LogP contribution in [0.5, 0.6) is 11.5 Å². The number of rotatable bonds is 10. The zero-order chi connectivity index (χ0) is 31.8. The molecule has 2 unspecified atom stereocenters. The molecule has 2 aromatic rings. The van der Waals surface area contributed by atoms with Gasteiger partial charge in [0.15, 0.2) is 5.78 Å². The maximum atomic E-state index is 12.7. The van der Waals surface area contributed by atoms with Gasteiger partial charge in [-0.1, -0.05) is 72.1 Å². The Kier molecular flexibility index (Phi) is 9.56. The number of benzene rings is 2. The van der Waals surface area contributed by atoms with Crippen LogP contribution in [0, 0.1) is 52.3 Å². The van der Waals surface area contributed by atoms with E-state index in [0.29, 0.717) is 16.4 Å². The molecule has 0 amide bonds. The van der Waals surface area contributed by atoms with E-state index in [0.717, 1.165) is 59.2 Å². The second kappa shape index (κ2) is 13.3. The summed E-state index contributed by atoms with van der Waals surface area (Å²) >= 11 is 0. The topological polar surface area (TPSA) is 46.5 Å². The summed E-state index contributed by atoms with van der Waals surface area (Å²) in [5.74, 6) is 7.25. The summed E-state index contributed by atoms with van der Waals surface area (Å²) in [4.78, 5) is 12.7. The smallest absolute Gasteiger partial charge is 0.185 e. The summed E-state index contributed by atoms with van der Waals surface area (Å²) in [6, 6.07) is 14.5. The van der Waals surface area contributed by atoms with Crippen molar-refractivity contribution in [2.45, 2.75) is 118 Å². The van der Waals surface area contributed by atoms with Crippen molar-refractivity contribution in [3.05, 3.63) is 65.7 Å². The molecule has 0 radical (unpaired) electrons. The number of phenols is 1. The predicted octanol–water partition coefficient (Wildman–Crippen LogP) is 11.2. The van der Waals surface area contributed by atoms with Crippen LogP contribution in [0.4, 0.5) is 0 Å². The number of aromatic hydroxyl groups is 1. The lowest BCUT2D eigenvalue weighted by Crippen LogP contribution is -2.54. The van der Waals surface area contributed by atoms with Gasteiger partial charge in [-0.25, -0.2) is 0 Å². The van der Waals surface area contributed by atoms with Crippen LogP contribution in [0.2, 0.25) is 0 Å². The summed E-state index contributed by atoms with van der Waals surface area (Å²) in [7, 11) is 0. The van der Waals surface area contributed by atoms with Crippen LogP contribution in [-0.2, 0) is 0 Å². The highest BCUT2D eigenvalue weighted by molar-refractivity contribution is 6.06. The van der Waals surface area contributed by atoms with Gasteiger partial charge >= 0.3 is 0 Å². The standard InChI is InChI=1S/C42H58O3/c1-28(2)7-6-8-29(3)37-20-21-38-36-19-14-32-27-35(23-25-41(32,4)39(36)24-26-42(37,38)5)45-34-17-12-31(13-18-34)40(44)22-11-30-9-15-33(43)16-10-30/h9-13,15-18,22,28-29,32,35-39,43H,6-8,14,19-21,23-27H2,1-5H3/t29-,32?,35?,36+,37-,38+,39+,41+,42-/m1/s1. The summed E-state index contributed by atoms with van der Waals surface area (Å²) in [6.07, 6.45) is 20.1. The van der Waals surface area contributed by atoms with Crippen LogP contribution in [0.15, 0.2) is 54.6 Å². The Morgan fingerprint density at radius 3 is 2.31 bits per heavy atom. The van der Waals surface area contributed by atoms with E-state index in [1.807, 2.05) is 24.3 Å². The fourth-order valence-electron chi connectivity index (χ4n) is 11.1. The zero-order valence-electron chi connectivity index (χ0n) is 28.6. The van der Waals surface area contributed by atoms with E-state index in [9.17, 15) is 9.90 Å². The monoisotopic (exact) mass is 610 g/mol. The van der Waals surface area contributed by atoms with E-state index in [-0.39, 0.29) is 17.6 Å². The van der Waals surface area contributed by atoms with Crippen molar-refractivity contribution >= 4 is 11.9 Å². The highest BCUT2D eigenvalue weighted by atomic mass is 16.5. The molecule has 244 valence electrons. The molecule has 0 aromatic heterocycles. The number of carbonyl (C=O) groups excluding carboxylic acids is 1. The van der Waals surface area contributed by atoms with Gasteiger partial charge in [-0.05, 0) is 158 Å². The van der Waals surface area contributed by atoms with Crippen LogP contribution in [0.1, 0.15) is 128 Å². The van der Waals surface area contributed by atoms with Crippen molar-refractivity contribution in [3.63, 3.8) is 0 Å². The Labute approximate surface area is 273 Å². The van der Waals surface area contributed by atoms with Crippen LogP contribution in [0.25, 0.3) is 6.08 Å². The van der Waals surface area contributed by atoms with Crippen molar-refractivity contribution in [1.82, 2.24) is 0 Å². The summed E-state index contributed by atoms with van der Waals surface area (Å²) in [5.41, 5.74) is 2.58. The first-order chi connectivity index (χ1) is 21.6. The second-order valence-electron chi connectivity index (χ2n) is 16.5. The molecule has 0 aliphatic heterocycles. The second-order valence-corrected chi connectivity index (χ2v) is 16.5. The molecule has 4 fully saturated rings. The number of fused-ring (bicyclic) bond motifs is 5. The van der Waals surface area contributed by atoms with Crippen LogP contribution >= 0.6 is 0 Å². The largest absolute Gasteiger partial charge is 0.508 e. The number of carbonyl (C=O) groups is 1. The molecule has 4 saturated carbocycles. The van der Waals surface area contributed by atoms with Gasteiger partial charge in [-0.3, -0.25) is 4.79 Å². The van der Waals surface area contributed by atoms with Crippen molar-refractivity contribution in [3.8, 4) is 11.5 Å². The minimum absolute atomic E-state index is 0.0300. The van der Waals surface area contributed by atoms with Gasteiger partial charge in [0.25, 0.3) is 0 Å². The van der Waals surface area contributed by atoms with Crippen LogP contribution in [0.3, 0.4) is 0 Å². The number of ether oxygens (including phenoxy) is 1. The molecule has 0 spiro atoms. The van der Waals surface area contributed by atoms with E-state index >= 15 is 0 Å². The van der Waals surface area contributed by atoms with E-state index in [1.165, 1.54) is 70.6 Å². The van der Waals surface area contributed by atoms with Gasteiger partial charge < -0.3 is 9.84 Å². The average Bonchev–Trinajstić information content (AvgIpc) is 3.38. The molecule has 9 atom stereocenters. The molecule has 1 N–H and O–H groups in total. The molecule has 45 heavy (non-hydrogen) atoms. The van der Waals surface area contributed by atoms with Gasteiger partial charge in [-0.2, -0.15) is 0 Å². The SMILES string of the molecule is CC(C)CCC[C@@H](C)[C@H]1CC[C@H]2[C@@H]3CCC4CC(Oc5ccc(C(=O)C=Cc6ccc(O)cc6)cc5)CC[C@]4(C)[C@H]3CC[C@]12C. The Hall–Kier alpha value is -2.55. The summed E-state index contributed by atoms with van der Waals surface area (Å²) in [5, 5.41) is 9.46. The Morgan fingerprint density at radius 2 is 1.58 bits per heavy atom. The van der Waals surface area contributed by atoms with Crippen molar-refractivity contribution in [2.24, 2.45) is 52.3 Å². The lowest BCUT2D eigenvalue weighted by molar-refractivity contribution is -0.126. The Bertz CT molecular complexity index is 1320. The lowest BCUT2D eigenvalue weighted by Gasteiger charge is -2.61. The van der Waals surface area contributed by atoms with Crippen molar-refractivity contribution < 1.29 is 14.6 Å². The molecule has 2 aromatic carbocycles. The minimum Gasteiger partial charge on any atom is -0.508 e. The molecule has 0 heterocycles. The first-order valence-corrected chi connectivity index (χ1v) is 18.3. The van der Waals surface area contributed by atoms with Crippen molar-refractivity contribution in [2.75, 3.05) is 0 Å². The molecule has 6 rings (SSSR count). The molecular weight excluding hydrogens is 552 g/mol. The first kappa shape index (κ1) is 32.4. The lowest BCUT2D eigenvalue weighted by atomic mass is 9.44. The highest BCUT2D eigenvalue weighted by Crippen LogP contribution is 2.68. The van der Waals surface area contributed by atoms with E-state index in [4.69, 9.17) is 4.74 Å². The fraction of sp³-hybridized carbons (Fsp3) is 0.643. The molecule has 3 nitrogen and oxygen atoms in total. The molecule has 4 aliphatic carbocycles. The van der Waals surface area contributed by atoms with E-state index in [2.05, 4.69) is 34.6 Å². The fourth-order valence-corrected chi connectivity index (χ4v) is 11.1. The van der Waals surface area contributed by atoms with Crippen LogP contribution < -0.4 is 4.74 Å². The average molecular weight is 611 g/mol. The molecular formula is C42H58O3. The third kappa shape index (κ3) is 6.66. The Balaban J connectivity index is 1.04. The van der Waals surface area contributed by atoms with Gasteiger partial charge in [0, 0.05) is 5.56 Å². The minimum atomic E-state index is -0.0300. The number of hydrogen-bond donors (Lipinski definition) is 1. The van der Waals surface area contributed by atoms with Gasteiger partial charge in [0.05, 0.1) is 6.10 Å². The van der Waals surface area contributed by atoms with E-state index in [1.54, 1.807) is 36.4 Å². The maximum absolute atomic E-state index is 12.7. The molecule has 0 saturated heterocycles. The predicted molar refractivity (Wildman–Crippen MR) is 185 cm³/mol. The molecule has 3 heteroatoms. The summed E-state index contributed by atoms with van der Waals surface area (Å²) < 4.78 is 6.58. The third-order valence-electron chi connectivity index (χ3n) is 13.6. The van der Waals surface area contributed by atoms with Gasteiger partial charge in [0.1, 0.15) is 11.5 Å². The Morgan fingerprint density at radius 1 is 0.867 bits per heavy atom. The highest BCUT2D eigenvalue weighted by Gasteiger charge is 2.60. The molecule has 4 aliphatic rings. The van der Waals surface area contributed by atoms with E-state index < -0.39 is 0 Å². The zero-order valence-corrected chi connectivity index (χ0v) is 28.6. The third-order valence-corrected chi connectivity index (χ3v) is 13.6. The van der Waals surface area contributed by atoms with Crippen LogP contribution in [-0.4, -0.2) is 17.0 Å². The first-order valence-electron chi connectivity index (χ1n) is 18.3. The van der Waals surface area contributed by atoms with Gasteiger partial charge in [0.2, 0.25) is 0 Å². The number of phenolic OH excluding ortho intramolecular Hbond substituents is 1. The van der Waals surface area contributed by atoms with Gasteiger partial charge in [-0.15, -0.1) is 0 Å². The maximum Gasteiger partial charge on any atom is 0.185 e. The quantitative estimate of drug-likeness (QED) is 0.215. The normalized spacial score (nSPS) is 35.1. The summed E-state index contributed by atoms with van der Waals surface area (Å²) in [6.45, 7) is 12.7.